The van der Waals surface area contributed by atoms with Crippen LogP contribution in [0.4, 0.5) is 14.5 Å². The Morgan fingerprint density at radius 1 is 1.10 bits per heavy atom. The summed E-state index contributed by atoms with van der Waals surface area (Å²) in [4.78, 5) is 40.2. The van der Waals surface area contributed by atoms with E-state index in [1.807, 2.05) is 0 Å². The minimum absolute atomic E-state index is 0.00737. The van der Waals surface area contributed by atoms with Crippen molar-refractivity contribution in [2.45, 2.75) is 11.6 Å². The highest BCUT2D eigenvalue weighted by atomic mass is 32.2. The van der Waals surface area contributed by atoms with E-state index >= 15 is 0 Å². The smallest absolute Gasteiger partial charge is 0.323 e. The monoisotopic (exact) mass is 441 g/mol. The number of hydrogen-bond donors (Lipinski definition) is 1. The van der Waals surface area contributed by atoms with Crippen LogP contribution in [-0.2, 0) is 35.8 Å². The van der Waals surface area contributed by atoms with Crippen LogP contribution in [-0.4, -0.2) is 38.8 Å². The normalized spacial score (nSPS) is 11.8. The predicted molar refractivity (Wildman–Crippen MR) is 103 cm³/mol. The van der Waals surface area contributed by atoms with Gasteiger partial charge in [-0.1, -0.05) is 0 Å². The van der Waals surface area contributed by atoms with Crippen molar-refractivity contribution < 1.29 is 22.0 Å². The molecular weight excluding hydrogens is 424 g/mol. The largest absolute Gasteiger partial charge is 0.332 e. The molecule has 0 saturated heterocycles. The Hall–Kier alpha value is -3.35. The molecule has 3 rings (SSSR count). The van der Waals surface area contributed by atoms with Gasteiger partial charge in [-0.2, -0.15) is 0 Å². The third kappa shape index (κ3) is 3.63. The quantitative estimate of drug-likeness (QED) is 0.597. The SMILES string of the molecule is Cn1c(=O)c2nc(S(=O)(=O)CCC(=O)Nc3cc(F)ccc3F)n(C)c2n(C)c1=O. The number of nitrogens with one attached hydrogen (secondary N) is 1. The lowest BCUT2D eigenvalue weighted by molar-refractivity contribution is -0.115. The Morgan fingerprint density at radius 2 is 1.77 bits per heavy atom. The highest BCUT2D eigenvalue weighted by Crippen LogP contribution is 2.18. The zero-order valence-corrected chi connectivity index (χ0v) is 17.0. The third-order valence-electron chi connectivity index (χ3n) is 4.50. The molecule has 3 aromatic rings. The molecule has 0 aliphatic carbocycles. The fourth-order valence-corrected chi connectivity index (χ4v) is 4.33. The van der Waals surface area contributed by atoms with Crippen LogP contribution in [0.3, 0.4) is 0 Å². The van der Waals surface area contributed by atoms with Crippen LogP contribution in [0.1, 0.15) is 6.42 Å². The van der Waals surface area contributed by atoms with E-state index in [-0.39, 0.29) is 11.2 Å². The van der Waals surface area contributed by atoms with E-state index in [1.165, 1.54) is 21.1 Å². The van der Waals surface area contributed by atoms with Gasteiger partial charge in [0.1, 0.15) is 11.6 Å². The van der Waals surface area contributed by atoms with E-state index in [9.17, 15) is 31.6 Å². The lowest BCUT2D eigenvalue weighted by atomic mass is 10.3. The summed E-state index contributed by atoms with van der Waals surface area (Å²) < 4.78 is 55.2. The molecule has 1 amide bonds. The summed E-state index contributed by atoms with van der Waals surface area (Å²) in [6, 6.07) is 2.47. The molecular formula is C17H17F2N5O5S. The molecule has 0 radical (unpaired) electrons. The highest BCUT2D eigenvalue weighted by Gasteiger charge is 2.26. The minimum atomic E-state index is -4.16. The van der Waals surface area contributed by atoms with Crippen molar-refractivity contribution in [3.05, 3.63) is 50.7 Å². The van der Waals surface area contributed by atoms with Gasteiger partial charge in [0, 0.05) is 33.6 Å². The van der Waals surface area contributed by atoms with Gasteiger partial charge in [0.15, 0.2) is 11.2 Å². The van der Waals surface area contributed by atoms with E-state index in [0.717, 1.165) is 31.9 Å². The number of rotatable bonds is 5. The number of sulfone groups is 1. The van der Waals surface area contributed by atoms with Crippen molar-refractivity contribution in [2.75, 3.05) is 11.1 Å². The first-order valence-electron chi connectivity index (χ1n) is 8.54. The average molecular weight is 441 g/mol. The number of anilines is 1. The minimum Gasteiger partial charge on any atom is -0.323 e. The van der Waals surface area contributed by atoms with Crippen LogP contribution < -0.4 is 16.6 Å². The van der Waals surface area contributed by atoms with Crippen molar-refractivity contribution >= 4 is 32.6 Å². The summed E-state index contributed by atoms with van der Waals surface area (Å²) in [5, 5.41) is 1.61. The first-order chi connectivity index (χ1) is 13.9. The number of aromatic nitrogens is 4. The predicted octanol–water partition coefficient (Wildman–Crippen LogP) is 0.0514. The summed E-state index contributed by atoms with van der Waals surface area (Å²) in [6.07, 6.45) is -0.571. The summed E-state index contributed by atoms with van der Waals surface area (Å²) >= 11 is 0. The Kier molecular flexibility index (Phi) is 5.33. The second-order valence-electron chi connectivity index (χ2n) is 6.57. The van der Waals surface area contributed by atoms with Gasteiger partial charge in [0.05, 0.1) is 11.4 Å². The van der Waals surface area contributed by atoms with Crippen LogP contribution in [0.15, 0.2) is 32.9 Å². The molecule has 2 heterocycles. The number of carbonyl (C=O) groups is 1. The number of fused-ring (bicyclic) bond motifs is 1. The lowest BCUT2D eigenvalue weighted by Gasteiger charge is -2.08. The van der Waals surface area contributed by atoms with E-state index in [4.69, 9.17) is 0 Å². The van der Waals surface area contributed by atoms with E-state index in [1.54, 1.807) is 0 Å². The summed E-state index contributed by atoms with van der Waals surface area (Å²) in [5.74, 6) is -3.21. The van der Waals surface area contributed by atoms with Crippen LogP contribution in [0.2, 0.25) is 0 Å². The fourth-order valence-electron chi connectivity index (χ4n) is 2.96. The molecule has 10 nitrogen and oxygen atoms in total. The zero-order chi connectivity index (χ0) is 22.4. The Morgan fingerprint density at radius 3 is 2.43 bits per heavy atom. The van der Waals surface area contributed by atoms with Gasteiger partial charge in [-0.05, 0) is 12.1 Å². The van der Waals surface area contributed by atoms with E-state index < -0.39 is 61.6 Å². The molecule has 160 valence electrons. The molecule has 0 aliphatic rings. The van der Waals surface area contributed by atoms with Crippen LogP contribution in [0, 0.1) is 11.6 Å². The van der Waals surface area contributed by atoms with Crippen molar-refractivity contribution in [3.63, 3.8) is 0 Å². The van der Waals surface area contributed by atoms with Crippen molar-refractivity contribution in [2.24, 2.45) is 21.1 Å². The number of halogens is 2. The Bertz CT molecular complexity index is 1400. The van der Waals surface area contributed by atoms with Gasteiger partial charge in [-0.3, -0.25) is 18.7 Å². The molecule has 0 saturated carbocycles. The zero-order valence-electron chi connectivity index (χ0n) is 16.1. The van der Waals surface area contributed by atoms with Gasteiger partial charge in [-0.15, -0.1) is 0 Å². The van der Waals surface area contributed by atoms with E-state index in [0.29, 0.717) is 0 Å². The molecule has 0 bridgehead atoms. The maximum Gasteiger partial charge on any atom is 0.332 e. The number of amides is 1. The van der Waals surface area contributed by atoms with Crippen LogP contribution in [0.25, 0.3) is 11.2 Å². The summed E-state index contributed by atoms with van der Waals surface area (Å²) in [6.45, 7) is 0. The van der Waals surface area contributed by atoms with Gasteiger partial charge in [0.25, 0.3) is 5.56 Å². The van der Waals surface area contributed by atoms with Crippen LogP contribution >= 0.6 is 0 Å². The standard InChI is InChI=1S/C17H17F2N5O5S/c1-22-14-13(15(26)24(3)17(27)23(14)2)21-16(22)30(28,29)7-6-12(25)20-11-8-9(18)4-5-10(11)19/h4-5,8H,6-7H2,1-3H3,(H,20,25). The van der Waals surface area contributed by atoms with Crippen molar-refractivity contribution in [1.82, 2.24) is 18.7 Å². The molecule has 0 spiro atoms. The molecule has 0 atom stereocenters. The third-order valence-corrected chi connectivity index (χ3v) is 6.16. The van der Waals surface area contributed by atoms with Gasteiger partial charge in [-0.25, -0.2) is 27.0 Å². The van der Waals surface area contributed by atoms with Crippen molar-refractivity contribution in [1.29, 1.82) is 0 Å². The highest BCUT2D eigenvalue weighted by molar-refractivity contribution is 7.91. The van der Waals surface area contributed by atoms with Gasteiger partial charge >= 0.3 is 5.69 Å². The molecule has 1 aromatic carbocycles. The molecule has 0 fully saturated rings. The van der Waals surface area contributed by atoms with Gasteiger partial charge < -0.3 is 9.88 Å². The average Bonchev–Trinajstić information content (AvgIpc) is 3.04. The number of carbonyl (C=O) groups excluding carboxylic acids is 1. The second kappa shape index (κ2) is 7.48. The molecule has 0 aliphatic heterocycles. The molecule has 13 heteroatoms. The lowest BCUT2D eigenvalue weighted by Crippen LogP contribution is -2.37. The number of aryl methyl sites for hydroxylation is 2. The summed E-state index contributed by atoms with van der Waals surface area (Å²) in [5.41, 5.74) is -2.04. The summed E-state index contributed by atoms with van der Waals surface area (Å²) in [7, 11) is -0.232. The second-order valence-corrected chi connectivity index (χ2v) is 8.58. The van der Waals surface area contributed by atoms with Crippen LogP contribution in [0.5, 0.6) is 0 Å². The first kappa shape index (κ1) is 21.4. The molecule has 0 unspecified atom stereocenters. The molecule has 1 N–H and O–H groups in total. The number of hydrogen-bond acceptors (Lipinski definition) is 6. The molecule has 2 aromatic heterocycles. The Labute approximate surface area is 168 Å². The van der Waals surface area contributed by atoms with Crippen molar-refractivity contribution in [3.8, 4) is 0 Å². The Balaban J connectivity index is 1.89. The van der Waals surface area contributed by atoms with Gasteiger partial charge in [0.2, 0.25) is 20.9 Å². The molecule has 30 heavy (non-hydrogen) atoms. The number of nitrogens with zero attached hydrogens (tertiary/aromatic N) is 4. The van der Waals surface area contributed by atoms with E-state index in [2.05, 4.69) is 10.3 Å². The first-order valence-corrected chi connectivity index (χ1v) is 10.2. The number of imidazole rings is 1. The fraction of sp³-hybridized carbons (Fsp3) is 0.294. The maximum absolute atomic E-state index is 13.6. The maximum atomic E-state index is 13.6. The topological polar surface area (TPSA) is 125 Å². The number of benzene rings is 1.